The highest BCUT2D eigenvalue weighted by molar-refractivity contribution is 5.42. The van der Waals surface area contributed by atoms with Crippen molar-refractivity contribution in [1.29, 1.82) is 0 Å². The van der Waals surface area contributed by atoms with E-state index >= 15 is 0 Å². The van der Waals surface area contributed by atoms with E-state index in [1.54, 1.807) is 14.2 Å². The maximum Gasteiger partial charge on any atom is 0.119 e. The van der Waals surface area contributed by atoms with Crippen molar-refractivity contribution >= 4 is 0 Å². The fourth-order valence-electron chi connectivity index (χ4n) is 3.76. The van der Waals surface area contributed by atoms with E-state index in [1.165, 1.54) is 22.4 Å². The van der Waals surface area contributed by atoms with Crippen molar-refractivity contribution in [1.82, 2.24) is 4.90 Å². The molecule has 0 radical (unpaired) electrons. The third-order valence-electron chi connectivity index (χ3n) is 5.40. The number of hydrogen-bond donors (Lipinski definition) is 0. The molecular formula is C25H31NO3. The first-order valence-corrected chi connectivity index (χ1v) is 10.2. The summed E-state index contributed by atoms with van der Waals surface area (Å²) < 4.78 is 16.1. The molecule has 1 aliphatic rings. The van der Waals surface area contributed by atoms with E-state index in [2.05, 4.69) is 61.4 Å². The van der Waals surface area contributed by atoms with Crippen LogP contribution in [-0.2, 0) is 11.3 Å². The van der Waals surface area contributed by atoms with E-state index in [0.717, 1.165) is 24.5 Å². The van der Waals surface area contributed by atoms with E-state index in [-0.39, 0.29) is 5.92 Å². The predicted octanol–water partition coefficient (Wildman–Crippen LogP) is 5.52. The highest BCUT2D eigenvalue weighted by Crippen LogP contribution is 2.37. The third-order valence-corrected chi connectivity index (χ3v) is 5.40. The zero-order valence-corrected chi connectivity index (χ0v) is 17.9. The number of benzene rings is 2. The Morgan fingerprint density at radius 3 is 2.45 bits per heavy atom. The average molecular weight is 394 g/mol. The quantitative estimate of drug-likeness (QED) is 0.525. The molecule has 0 spiro atoms. The molecule has 3 rings (SSSR count). The SMILES string of the molecule is CCC1=C(C)N(Cc2ccc(OC)cc2)C=CC1c1cccc(OCCOC)c1. The van der Waals surface area contributed by atoms with Gasteiger partial charge in [-0.3, -0.25) is 0 Å². The highest BCUT2D eigenvalue weighted by Gasteiger charge is 2.22. The molecule has 4 heteroatoms. The van der Waals surface area contributed by atoms with Gasteiger partial charge in [-0.15, -0.1) is 0 Å². The van der Waals surface area contributed by atoms with Gasteiger partial charge in [0.2, 0.25) is 0 Å². The number of nitrogens with zero attached hydrogens (tertiary/aromatic N) is 1. The molecule has 0 fully saturated rings. The molecule has 2 aromatic rings. The fraction of sp³-hybridized carbons (Fsp3) is 0.360. The van der Waals surface area contributed by atoms with Crippen molar-refractivity contribution in [2.45, 2.75) is 32.7 Å². The zero-order valence-electron chi connectivity index (χ0n) is 17.9. The van der Waals surface area contributed by atoms with Crippen LogP contribution in [0.4, 0.5) is 0 Å². The summed E-state index contributed by atoms with van der Waals surface area (Å²) in [5.41, 5.74) is 5.28. The van der Waals surface area contributed by atoms with Gasteiger partial charge in [0.25, 0.3) is 0 Å². The van der Waals surface area contributed by atoms with Crippen LogP contribution < -0.4 is 9.47 Å². The van der Waals surface area contributed by atoms with Crippen LogP contribution in [-0.4, -0.2) is 32.3 Å². The normalized spacial score (nSPS) is 16.3. The summed E-state index contributed by atoms with van der Waals surface area (Å²) in [4.78, 5) is 2.33. The molecule has 2 aromatic carbocycles. The topological polar surface area (TPSA) is 30.9 Å². The Bertz CT molecular complexity index is 855. The number of allylic oxidation sites excluding steroid dienone is 3. The molecule has 0 aromatic heterocycles. The van der Waals surface area contributed by atoms with Gasteiger partial charge in [0.05, 0.1) is 13.7 Å². The molecule has 29 heavy (non-hydrogen) atoms. The molecule has 1 unspecified atom stereocenters. The Kier molecular flexibility index (Phi) is 7.36. The first-order chi connectivity index (χ1) is 14.2. The summed E-state index contributed by atoms with van der Waals surface area (Å²) in [5.74, 6) is 2.05. The van der Waals surface area contributed by atoms with Gasteiger partial charge in [0, 0.05) is 31.5 Å². The highest BCUT2D eigenvalue weighted by atomic mass is 16.5. The van der Waals surface area contributed by atoms with Crippen molar-refractivity contribution in [3.63, 3.8) is 0 Å². The van der Waals surface area contributed by atoms with E-state index in [9.17, 15) is 0 Å². The number of ether oxygens (including phenoxy) is 3. The fourth-order valence-corrected chi connectivity index (χ4v) is 3.76. The van der Waals surface area contributed by atoms with Gasteiger partial charge < -0.3 is 19.1 Å². The summed E-state index contributed by atoms with van der Waals surface area (Å²) in [5, 5.41) is 0. The molecule has 0 N–H and O–H groups in total. The molecule has 0 amide bonds. The second kappa shape index (κ2) is 10.2. The first kappa shape index (κ1) is 21.0. The van der Waals surface area contributed by atoms with E-state index in [4.69, 9.17) is 14.2 Å². The molecule has 0 bridgehead atoms. The Labute approximate surface area is 174 Å². The maximum absolute atomic E-state index is 5.81. The molecule has 0 saturated carbocycles. The minimum absolute atomic E-state index is 0.276. The molecule has 0 aliphatic carbocycles. The standard InChI is InChI=1S/C25H31NO3/c1-5-24-19(2)26(18-20-9-11-22(28-4)12-10-20)14-13-25(24)21-7-6-8-23(17-21)29-16-15-27-3/h6-14,17,25H,5,15-16,18H2,1-4H3. The van der Waals surface area contributed by atoms with Crippen LogP contribution >= 0.6 is 0 Å². The second-order valence-electron chi connectivity index (χ2n) is 7.17. The first-order valence-electron chi connectivity index (χ1n) is 10.2. The van der Waals surface area contributed by atoms with Crippen molar-refractivity contribution < 1.29 is 14.2 Å². The molecule has 1 heterocycles. The van der Waals surface area contributed by atoms with Crippen LogP contribution in [0.5, 0.6) is 11.5 Å². The van der Waals surface area contributed by atoms with Crippen LogP contribution in [0.25, 0.3) is 0 Å². The molecular weight excluding hydrogens is 362 g/mol. The van der Waals surface area contributed by atoms with Gasteiger partial charge in [0.1, 0.15) is 18.1 Å². The molecule has 1 aliphatic heterocycles. The van der Waals surface area contributed by atoms with Gasteiger partial charge >= 0.3 is 0 Å². The summed E-state index contributed by atoms with van der Waals surface area (Å²) in [6.07, 6.45) is 5.51. The van der Waals surface area contributed by atoms with Gasteiger partial charge in [0.15, 0.2) is 0 Å². The molecule has 154 valence electrons. The minimum Gasteiger partial charge on any atom is -0.497 e. The molecule has 0 saturated heterocycles. The van der Waals surface area contributed by atoms with Gasteiger partial charge in [-0.1, -0.05) is 37.3 Å². The summed E-state index contributed by atoms with van der Waals surface area (Å²) in [6, 6.07) is 16.7. The smallest absolute Gasteiger partial charge is 0.119 e. The van der Waals surface area contributed by atoms with Crippen molar-refractivity contribution in [2.75, 3.05) is 27.4 Å². The van der Waals surface area contributed by atoms with Crippen LogP contribution in [0.15, 0.2) is 72.1 Å². The molecule has 1 atom stereocenters. The predicted molar refractivity (Wildman–Crippen MR) is 117 cm³/mol. The van der Waals surface area contributed by atoms with Crippen molar-refractivity contribution in [3.05, 3.63) is 83.2 Å². The van der Waals surface area contributed by atoms with Crippen molar-refractivity contribution in [2.24, 2.45) is 0 Å². The Hall–Kier alpha value is -2.72. The van der Waals surface area contributed by atoms with Crippen molar-refractivity contribution in [3.8, 4) is 11.5 Å². The monoisotopic (exact) mass is 393 g/mol. The Morgan fingerprint density at radius 2 is 1.76 bits per heavy atom. The lowest BCUT2D eigenvalue weighted by Crippen LogP contribution is -2.22. The lowest BCUT2D eigenvalue weighted by Gasteiger charge is -2.32. The van der Waals surface area contributed by atoms with Crippen LogP contribution in [0.3, 0.4) is 0 Å². The lowest BCUT2D eigenvalue weighted by molar-refractivity contribution is 0.146. The summed E-state index contributed by atoms with van der Waals surface area (Å²) in [7, 11) is 3.38. The number of hydrogen-bond acceptors (Lipinski definition) is 4. The minimum atomic E-state index is 0.276. The van der Waals surface area contributed by atoms with Gasteiger partial charge in [-0.05, 0) is 54.3 Å². The van der Waals surface area contributed by atoms with Crippen LogP contribution in [0, 0.1) is 0 Å². The molecule has 4 nitrogen and oxygen atoms in total. The van der Waals surface area contributed by atoms with Gasteiger partial charge in [-0.25, -0.2) is 0 Å². The number of methoxy groups -OCH3 is 2. The van der Waals surface area contributed by atoms with E-state index in [0.29, 0.717) is 13.2 Å². The van der Waals surface area contributed by atoms with Crippen LogP contribution in [0.2, 0.25) is 0 Å². The summed E-state index contributed by atoms with van der Waals surface area (Å²) >= 11 is 0. The average Bonchev–Trinajstić information content (AvgIpc) is 2.76. The van der Waals surface area contributed by atoms with E-state index < -0.39 is 0 Å². The summed E-state index contributed by atoms with van der Waals surface area (Å²) in [6.45, 7) is 6.45. The third kappa shape index (κ3) is 5.21. The maximum atomic E-state index is 5.81. The second-order valence-corrected chi connectivity index (χ2v) is 7.17. The van der Waals surface area contributed by atoms with Gasteiger partial charge in [-0.2, -0.15) is 0 Å². The van der Waals surface area contributed by atoms with E-state index in [1.807, 2.05) is 18.2 Å². The zero-order chi connectivity index (χ0) is 20.6. The Balaban J connectivity index is 1.77. The van der Waals surface area contributed by atoms with Crippen LogP contribution in [0.1, 0.15) is 37.3 Å². The number of rotatable bonds is 9. The Morgan fingerprint density at radius 1 is 0.966 bits per heavy atom. The largest absolute Gasteiger partial charge is 0.497 e. The lowest BCUT2D eigenvalue weighted by atomic mass is 9.86.